The third kappa shape index (κ3) is 1.19. The van der Waals surface area contributed by atoms with Crippen molar-refractivity contribution in [1.29, 1.82) is 0 Å². The van der Waals surface area contributed by atoms with Crippen LogP contribution in [0.2, 0.25) is 0 Å². The number of ketones is 1. The molecule has 6 nitrogen and oxygen atoms in total. The highest BCUT2D eigenvalue weighted by Gasteiger charge is 2.92. The molecule has 0 aromatic rings. The molecule has 142 valence electrons. The van der Waals surface area contributed by atoms with E-state index >= 15 is 0 Å². The van der Waals surface area contributed by atoms with Crippen LogP contribution in [0.15, 0.2) is 12.2 Å². The number of aliphatic hydroxyl groups is 3. The molecule has 26 heavy (non-hydrogen) atoms. The van der Waals surface area contributed by atoms with Crippen LogP contribution >= 0.6 is 0 Å². The molecule has 4 aliphatic carbocycles. The minimum absolute atomic E-state index is 0.133. The van der Waals surface area contributed by atoms with Gasteiger partial charge in [-0.2, -0.15) is 0 Å². The SMILES string of the molecule is C=C1C(=O)[C@@]23[C@@H]4OC5O[C@@]2(O)[C@@H](O)[C@@H]2C(C)(C)CC[C@@H](O)[C@]52[C@@H]3CC[C@@H]14. The van der Waals surface area contributed by atoms with E-state index in [0.29, 0.717) is 18.4 Å². The fourth-order valence-electron chi connectivity index (χ4n) is 8.38. The lowest BCUT2D eigenvalue weighted by Gasteiger charge is -2.79. The molecule has 4 saturated heterocycles. The Morgan fingerprint density at radius 3 is 2.65 bits per heavy atom. The van der Waals surface area contributed by atoms with Crippen molar-refractivity contribution in [2.45, 2.75) is 69.9 Å². The first-order chi connectivity index (χ1) is 12.1. The molecule has 0 radical (unpaired) electrons. The lowest BCUT2D eigenvalue weighted by atomic mass is 9.34. The molecule has 10 atom stereocenters. The Labute approximate surface area is 152 Å². The second-order valence-electron chi connectivity index (χ2n) is 10.1. The zero-order valence-corrected chi connectivity index (χ0v) is 15.1. The highest BCUT2D eigenvalue weighted by molar-refractivity contribution is 6.05. The largest absolute Gasteiger partial charge is 0.392 e. The fourth-order valence-corrected chi connectivity index (χ4v) is 8.38. The van der Waals surface area contributed by atoms with E-state index in [0.717, 1.165) is 12.8 Å². The predicted molar refractivity (Wildman–Crippen MR) is 88.4 cm³/mol. The first kappa shape index (κ1) is 16.2. The molecule has 4 saturated carbocycles. The van der Waals surface area contributed by atoms with Crippen LogP contribution in [0.4, 0.5) is 0 Å². The Bertz CT molecular complexity index is 761. The number of carbonyl (C=O) groups excluding carboxylic acids is 1. The molecule has 4 aliphatic heterocycles. The van der Waals surface area contributed by atoms with Crippen LogP contribution in [0, 0.1) is 34.0 Å². The molecular formula is C20H26O6. The molecule has 4 heterocycles. The molecule has 0 aromatic carbocycles. The van der Waals surface area contributed by atoms with Crippen LogP contribution in [0.1, 0.15) is 39.5 Å². The van der Waals surface area contributed by atoms with Gasteiger partial charge in [-0.3, -0.25) is 4.79 Å². The van der Waals surface area contributed by atoms with Gasteiger partial charge in [0.2, 0.25) is 5.79 Å². The average molecular weight is 362 g/mol. The van der Waals surface area contributed by atoms with Gasteiger partial charge in [0.1, 0.15) is 11.5 Å². The van der Waals surface area contributed by atoms with Crippen LogP contribution in [-0.4, -0.2) is 51.5 Å². The normalized spacial score (nSPS) is 64.0. The Balaban J connectivity index is 1.70. The van der Waals surface area contributed by atoms with E-state index in [1.165, 1.54) is 0 Å². The number of ether oxygens (including phenoxy) is 2. The third-order valence-electron chi connectivity index (χ3n) is 9.14. The summed E-state index contributed by atoms with van der Waals surface area (Å²) in [6.45, 7) is 8.14. The van der Waals surface area contributed by atoms with Gasteiger partial charge in [-0.05, 0) is 42.6 Å². The van der Waals surface area contributed by atoms with Crippen molar-refractivity contribution in [1.82, 2.24) is 0 Å². The molecule has 8 rings (SSSR count). The molecule has 3 N–H and O–H groups in total. The maximum absolute atomic E-state index is 13.4. The Kier molecular flexibility index (Phi) is 2.57. The second kappa shape index (κ2) is 4.13. The monoisotopic (exact) mass is 362 g/mol. The quantitative estimate of drug-likeness (QED) is 0.550. The Hall–Kier alpha value is -0.790. The molecule has 8 fully saturated rings. The summed E-state index contributed by atoms with van der Waals surface area (Å²) in [5.74, 6) is -2.99. The summed E-state index contributed by atoms with van der Waals surface area (Å²) in [6.07, 6.45) is -0.473. The Morgan fingerprint density at radius 2 is 1.92 bits per heavy atom. The van der Waals surface area contributed by atoms with E-state index in [-0.39, 0.29) is 23.0 Å². The smallest absolute Gasteiger partial charge is 0.211 e. The molecule has 0 amide bonds. The molecule has 6 heteroatoms. The lowest BCUT2D eigenvalue weighted by Crippen LogP contribution is -2.91. The zero-order valence-electron chi connectivity index (χ0n) is 15.1. The van der Waals surface area contributed by atoms with Gasteiger partial charge in [-0.25, -0.2) is 0 Å². The summed E-state index contributed by atoms with van der Waals surface area (Å²) in [7, 11) is 0. The minimum Gasteiger partial charge on any atom is -0.392 e. The predicted octanol–water partition coefficient (Wildman–Crippen LogP) is 0.740. The first-order valence-corrected chi connectivity index (χ1v) is 9.80. The number of aliphatic hydroxyl groups excluding tert-OH is 2. The molecular weight excluding hydrogens is 336 g/mol. The summed E-state index contributed by atoms with van der Waals surface area (Å²) < 4.78 is 12.3. The number of rotatable bonds is 0. The maximum atomic E-state index is 13.4. The number of hydrogen-bond acceptors (Lipinski definition) is 6. The summed E-state index contributed by atoms with van der Waals surface area (Å²) in [6, 6.07) is 0. The zero-order chi connectivity index (χ0) is 18.4. The number of hydrogen-bond donors (Lipinski definition) is 3. The van der Waals surface area contributed by atoms with Gasteiger partial charge in [0.25, 0.3) is 0 Å². The van der Waals surface area contributed by atoms with E-state index in [4.69, 9.17) is 9.47 Å². The second-order valence-corrected chi connectivity index (χ2v) is 10.1. The van der Waals surface area contributed by atoms with Gasteiger partial charge in [0.05, 0.1) is 17.6 Å². The van der Waals surface area contributed by atoms with Crippen LogP contribution in [0.5, 0.6) is 0 Å². The molecule has 8 aliphatic rings. The standard InChI is InChI=1S/C20H26O6/c1-8-9-4-5-10-18-11(21)6-7-17(2,3)12(18)14(23)20(24)19(10,13(8)22)15(9)25-16(18)26-20/h9-12,14-16,21,23-24H,1,4-7H2,2-3H3/t9-,10-,11+,12+,14-,15+,16?,18-,19-,20-/m0/s1. The van der Waals surface area contributed by atoms with Crippen molar-refractivity contribution in [3.05, 3.63) is 12.2 Å². The van der Waals surface area contributed by atoms with Gasteiger partial charge >= 0.3 is 0 Å². The van der Waals surface area contributed by atoms with E-state index in [1.807, 2.05) is 0 Å². The summed E-state index contributed by atoms with van der Waals surface area (Å²) in [4.78, 5) is 13.4. The van der Waals surface area contributed by atoms with Crippen molar-refractivity contribution < 1.29 is 29.6 Å². The molecule has 1 unspecified atom stereocenters. The molecule has 7 bridgehead atoms. The van der Waals surface area contributed by atoms with Crippen molar-refractivity contribution in [2.24, 2.45) is 34.0 Å². The van der Waals surface area contributed by atoms with E-state index < -0.39 is 47.1 Å². The Morgan fingerprint density at radius 1 is 1.19 bits per heavy atom. The molecule has 2 spiro atoms. The van der Waals surface area contributed by atoms with Crippen molar-refractivity contribution >= 4 is 5.78 Å². The topological polar surface area (TPSA) is 96.2 Å². The third-order valence-corrected chi connectivity index (χ3v) is 9.14. The number of Topliss-reactive ketones (excluding diaryl/α,β-unsaturated/α-hetero) is 1. The summed E-state index contributed by atoms with van der Waals surface area (Å²) in [5, 5.41) is 34.3. The van der Waals surface area contributed by atoms with Gasteiger partial charge in [-0.15, -0.1) is 0 Å². The maximum Gasteiger partial charge on any atom is 0.211 e. The lowest BCUT2D eigenvalue weighted by molar-refractivity contribution is -0.556. The van der Waals surface area contributed by atoms with Gasteiger partial charge in [0, 0.05) is 11.8 Å². The van der Waals surface area contributed by atoms with Gasteiger partial charge in [0.15, 0.2) is 12.1 Å². The van der Waals surface area contributed by atoms with E-state index in [2.05, 4.69) is 20.4 Å². The van der Waals surface area contributed by atoms with Crippen LogP contribution < -0.4 is 0 Å². The average Bonchev–Trinajstić information content (AvgIpc) is 2.71. The van der Waals surface area contributed by atoms with Crippen molar-refractivity contribution in [3.8, 4) is 0 Å². The fraction of sp³-hybridized carbons (Fsp3) is 0.850. The van der Waals surface area contributed by atoms with Crippen LogP contribution in [0.25, 0.3) is 0 Å². The van der Waals surface area contributed by atoms with Crippen LogP contribution in [0.3, 0.4) is 0 Å². The molecule has 0 aromatic heterocycles. The van der Waals surface area contributed by atoms with E-state index in [1.54, 1.807) is 0 Å². The van der Waals surface area contributed by atoms with Crippen molar-refractivity contribution in [2.75, 3.05) is 0 Å². The summed E-state index contributed by atoms with van der Waals surface area (Å²) >= 11 is 0. The first-order valence-electron chi connectivity index (χ1n) is 9.80. The van der Waals surface area contributed by atoms with Crippen molar-refractivity contribution in [3.63, 3.8) is 0 Å². The highest BCUT2D eigenvalue weighted by Crippen LogP contribution is 2.81. The van der Waals surface area contributed by atoms with Crippen LogP contribution in [-0.2, 0) is 14.3 Å². The number of carbonyl (C=O) groups is 1. The summed E-state index contributed by atoms with van der Waals surface area (Å²) in [5.41, 5.74) is -2.03. The highest BCUT2D eigenvalue weighted by atomic mass is 16.8. The van der Waals surface area contributed by atoms with Gasteiger partial charge < -0.3 is 24.8 Å². The minimum atomic E-state index is -1.97. The van der Waals surface area contributed by atoms with E-state index in [9.17, 15) is 20.1 Å². The van der Waals surface area contributed by atoms with Gasteiger partial charge in [-0.1, -0.05) is 20.4 Å².